The Morgan fingerprint density at radius 3 is 2.22 bits per heavy atom. The van der Waals surface area contributed by atoms with Gasteiger partial charge in [-0.05, 0) is 78.4 Å². The molecule has 3 heteroatoms. The summed E-state index contributed by atoms with van der Waals surface area (Å²) in [6, 6.07) is 0. The van der Waals surface area contributed by atoms with Crippen molar-refractivity contribution in [2.24, 2.45) is 45.3 Å². The van der Waals surface area contributed by atoms with Crippen LogP contribution < -0.4 is 0 Å². The van der Waals surface area contributed by atoms with E-state index in [4.69, 9.17) is 0 Å². The van der Waals surface area contributed by atoms with E-state index in [0.29, 0.717) is 23.7 Å². The largest absolute Gasteiger partial charge is 0.396 e. The standard InChI is InChI=1S/C20H32O3/c1-17(10-21)6-11(22)7-18(2)14(17)5-16(23)20-8-13-12(4-15(18)20)19(13,3)9-20/h11-16,21-23H,4-10H2,1-3H3/t11-,12+,13-,14+,15-,16-,17+,18+,19+,20+/m0/s1. The van der Waals surface area contributed by atoms with Gasteiger partial charge in [0.1, 0.15) is 0 Å². The highest BCUT2D eigenvalue weighted by molar-refractivity contribution is 5.28. The number of aliphatic hydroxyl groups excluding tert-OH is 3. The predicted molar refractivity (Wildman–Crippen MR) is 87.5 cm³/mol. The van der Waals surface area contributed by atoms with E-state index in [-0.39, 0.29) is 35.1 Å². The predicted octanol–water partition coefficient (Wildman–Crippen LogP) is 2.58. The summed E-state index contributed by atoms with van der Waals surface area (Å²) >= 11 is 0. The van der Waals surface area contributed by atoms with Gasteiger partial charge in [-0.2, -0.15) is 0 Å². The minimum Gasteiger partial charge on any atom is -0.396 e. The Morgan fingerprint density at radius 1 is 0.870 bits per heavy atom. The minimum atomic E-state index is -0.302. The second-order valence-corrected chi connectivity index (χ2v) is 10.8. The van der Waals surface area contributed by atoms with E-state index in [1.807, 2.05) is 0 Å². The van der Waals surface area contributed by atoms with E-state index in [1.54, 1.807) is 0 Å². The maximum atomic E-state index is 11.2. The van der Waals surface area contributed by atoms with Crippen LogP contribution in [0.5, 0.6) is 0 Å². The van der Waals surface area contributed by atoms with Crippen LogP contribution in [-0.2, 0) is 0 Å². The third-order valence-corrected chi connectivity index (χ3v) is 9.86. The molecule has 0 heterocycles. The molecule has 0 unspecified atom stereocenters. The van der Waals surface area contributed by atoms with Crippen molar-refractivity contribution in [2.75, 3.05) is 6.61 Å². The zero-order valence-electron chi connectivity index (χ0n) is 14.8. The zero-order chi connectivity index (χ0) is 16.4. The average Bonchev–Trinajstić information content (AvgIpc) is 2.93. The van der Waals surface area contributed by atoms with Gasteiger partial charge >= 0.3 is 0 Å². The van der Waals surface area contributed by atoms with Crippen molar-refractivity contribution in [1.82, 2.24) is 0 Å². The normalized spacial score (nSPS) is 69.1. The summed E-state index contributed by atoms with van der Waals surface area (Å²) in [5, 5.41) is 31.9. The van der Waals surface area contributed by atoms with Crippen LogP contribution in [0.2, 0.25) is 0 Å². The molecule has 0 amide bonds. The van der Waals surface area contributed by atoms with E-state index >= 15 is 0 Å². The van der Waals surface area contributed by atoms with Gasteiger partial charge in [0, 0.05) is 12.0 Å². The van der Waals surface area contributed by atoms with Gasteiger partial charge in [0.05, 0.1) is 12.2 Å². The van der Waals surface area contributed by atoms with E-state index < -0.39 is 0 Å². The van der Waals surface area contributed by atoms with Crippen LogP contribution in [-0.4, -0.2) is 34.1 Å². The molecule has 6 fully saturated rings. The molecule has 130 valence electrons. The molecule has 1 spiro atoms. The molecule has 3 N–H and O–H groups in total. The molecule has 23 heavy (non-hydrogen) atoms. The molecule has 4 bridgehead atoms. The Hall–Kier alpha value is -0.120. The fourth-order valence-corrected chi connectivity index (χ4v) is 8.96. The summed E-state index contributed by atoms with van der Waals surface area (Å²) in [5.41, 5.74) is 0.437. The van der Waals surface area contributed by atoms with Gasteiger partial charge in [0.2, 0.25) is 0 Å². The first-order valence-electron chi connectivity index (χ1n) is 9.67. The Bertz CT molecular complexity index is 563. The minimum absolute atomic E-state index is 0.0727. The van der Waals surface area contributed by atoms with Gasteiger partial charge < -0.3 is 15.3 Å². The summed E-state index contributed by atoms with van der Waals surface area (Å²) < 4.78 is 0. The van der Waals surface area contributed by atoms with Crippen molar-refractivity contribution in [1.29, 1.82) is 0 Å². The molecule has 6 saturated carbocycles. The number of fused-ring (bicyclic) bond motifs is 1. The van der Waals surface area contributed by atoms with Crippen LogP contribution in [0, 0.1) is 45.3 Å². The first-order chi connectivity index (χ1) is 10.7. The average molecular weight is 320 g/mol. The quantitative estimate of drug-likeness (QED) is 0.696. The van der Waals surface area contributed by atoms with Gasteiger partial charge in [-0.15, -0.1) is 0 Å². The smallest absolute Gasteiger partial charge is 0.0602 e. The van der Waals surface area contributed by atoms with Crippen molar-refractivity contribution >= 4 is 0 Å². The number of rotatable bonds is 1. The molecule has 3 nitrogen and oxygen atoms in total. The van der Waals surface area contributed by atoms with Gasteiger partial charge in [-0.3, -0.25) is 0 Å². The summed E-state index contributed by atoms with van der Waals surface area (Å²) in [4.78, 5) is 0. The second-order valence-electron chi connectivity index (χ2n) is 10.8. The molecule has 0 saturated heterocycles. The summed E-state index contributed by atoms with van der Waals surface area (Å²) in [7, 11) is 0. The molecule has 0 radical (unpaired) electrons. The fourth-order valence-electron chi connectivity index (χ4n) is 8.96. The van der Waals surface area contributed by atoms with Crippen LogP contribution >= 0.6 is 0 Å². The molecule has 0 aliphatic heterocycles. The SMILES string of the molecule is C[C@]1(CO)C[C@H](O)C[C@]2(C)[C@@H]1C[C@H](O)[C@@]13C[C@H]4[C@@H](C[C@@H]21)[C@@]4(C)C3. The van der Waals surface area contributed by atoms with Crippen LogP contribution in [0.3, 0.4) is 0 Å². The van der Waals surface area contributed by atoms with Crippen molar-refractivity contribution in [3.8, 4) is 0 Å². The number of aliphatic hydroxyl groups is 3. The Morgan fingerprint density at radius 2 is 1.61 bits per heavy atom. The maximum absolute atomic E-state index is 11.2. The van der Waals surface area contributed by atoms with Crippen LogP contribution in [0.25, 0.3) is 0 Å². The molecular weight excluding hydrogens is 288 g/mol. The van der Waals surface area contributed by atoms with Gasteiger partial charge in [-0.25, -0.2) is 0 Å². The van der Waals surface area contributed by atoms with Gasteiger partial charge in [0.25, 0.3) is 0 Å². The Labute approximate surface area is 139 Å². The summed E-state index contributed by atoms with van der Waals surface area (Å²) in [5.74, 6) is 2.57. The van der Waals surface area contributed by atoms with Gasteiger partial charge in [-0.1, -0.05) is 20.8 Å². The topological polar surface area (TPSA) is 60.7 Å². The Balaban J connectivity index is 1.60. The van der Waals surface area contributed by atoms with Crippen LogP contribution in [0.1, 0.15) is 59.3 Å². The Kier molecular flexibility index (Phi) is 2.63. The van der Waals surface area contributed by atoms with E-state index in [2.05, 4.69) is 20.8 Å². The van der Waals surface area contributed by atoms with E-state index in [9.17, 15) is 15.3 Å². The molecule has 0 aromatic rings. The molecule has 0 aromatic heterocycles. The number of hydrogen-bond donors (Lipinski definition) is 3. The lowest BCUT2D eigenvalue weighted by Crippen LogP contribution is -2.65. The molecule has 10 atom stereocenters. The molecule has 6 aliphatic rings. The lowest BCUT2D eigenvalue weighted by molar-refractivity contribution is -0.233. The van der Waals surface area contributed by atoms with Crippen molar-refractivity contribution in [3.05, 3.63) is 0 Å². The third-order valence-electron chi connectivity index (χ3n) is 9.86. The second kappa shape index (κ2) is 3.99. The van der Waals surface area contributed by atoms with E-state index in [1.165, 1.54) is 19.3 Å². The molecule has 0 aromatic carbocycles. The van der Waals surface area contributed by atoms with Crippen LogP contribution in [0.4, 0.5) is 0 Å². The first-order valence-corrected chi connectivity index (χ1v) is 9.67. The molecular formula is C20H32O3. The maximum Gasteiger partial charge on any atom is 0.0602 e. The zero-order valence-corrected chi connectivity index (χ0v) is 14.8. The highest BCUT2D eigenvalue weighted by Gasteiger charge is 2.80. The lowest BCUT2D eigenvalue weighted by atomic mass is 9.38. The van der Waals surface area contributed by atoms with Crippen molar-refractivity contribution < 1.29 is 15.3 Å². The van der Waals surface area contributed by atoms with Crippen LogP contribution in [0.15, 0.2) is 0 Å². The van der Waals surface area contributed by atoms with Gasteiger partial charge in [0.15, 0.2) is 0 Å². The summed E-state index contributed by atoms with van der Waals surface area (Å²) in [6.45, 7) is 7.09. The molecule has 6 aliphatic carbocycles. The molecule has 6 rings (SSSR count). The van der Waals surface area contributed by atoms with Crippen molar-refractivity contribution in [3.63, 3.8) is 0 Å². The highest BCUT2D eigenvalue weighted by Crippen LogP contribution is 2.85. The first kappa shape index (κ1) is 15.2. The van der Waals surface area contributed by atoms with Crippen molar-refractivity contribution in [2.45, 2.75) is 71.5 Å². The lowest BCUT2D eigenvalue weighted by Gasteiger charge is -2.67. The third kappa shape index (κ3) is 1.50. The summed E-state index contributed by atoms with van der Waals surface area (Å²) in [6.07, 6.45) is 5.52. The van der Waals surface area contributed by atoms with E-state index in [0.717, 1.165) is 24.7 Å². The number of hydrogen-bond acceptors (Lipinski definition) is 3. The monoisotopic (exact) mass is 320 g/mol. The highest BCUT2D eigenvalue weighted by atomic mass is 16.3. The fraction of sp³-hybridized carbons (Fsp3) is 1.00.